The summed E-state index contributed by atoms with van der Waals surface area (Å²) in [7, 11) is 0. The number of morpholine rings is 1. The van der Waals surface area contributed by atoms with Crippen molar-refractivity contribution in [3.05, 3.63) is 0 Å². The number of hydrogen-bond acceptors (Lipinski definition) is 3. The average molecular weight is 284 g/mol. The number of rotatable bonds is 6. The molecule has 0 unspecified atom stereocenters. The molecule has 0 spiro atoms. The Morgan fingerprint density at radius 3 is 2.20 bits per heavy atom. The highest BCUT2D eigenvalue weighted by molar-refractivity contribution is 4.89. The summed E-state index contributed by atoms with van der Waals surface area (Å²) in [5.41, 5.74) is 0.573. The second kappa shape index (κ2) is 6.76. The molecule has 1 N–H and O–H groups in total. The number of ether oxygens (including phenoxy) is 1. The van der Waals surface area contributed by atoms with Gasteiger partial charge in [0.05, 0.1) is 12.2 Å². The fourth-order valence-electron chi connectivity index (χ4n) is 2.96. The molecule has 1 fully saturated rings. The van der Waals surface area contributed by atoms with Gasteiger partial charge in [0.25, 0.3) is 0 Å². The lowest BCUT2D eigenvalue weighted by atomic mass is 9.80. The molecule has 0 radical (unpaired) electrons. The Hall–Kier alpha value is -0.120. The highest BCUT2D eigenvalue weighted by Crippen LogP contribution is 2.29. The molecule has 20 heavy (non-hydrogen) atoms. The second-order valence-electron chi connectivity index (χ2n) is 8.13. The van der Waals surface area contributed by atoms with Crippen LogP contribution in [-0.4, -0.2) is 48.8 Å². The Morgan fingerprint density at radius 2 is 1.75 bits per heavy atom. The third kappa shape index (κ3) is 5.71. The molecule has 0 atom stereocenters. The molecule has 0 aromatic heterocycles. The van der Waals surface area contributed by atoms with Crippen molar-refractivity contribution in [2.45, 2.75) is 72.4 Å². The quantitative estimate of drug-likeness (QED) is 0.810. The van der Waals surface area contributed by atoms with Gasteiger partial charge in [-0.25, -0.2) is 0 Å². The Bertz CT molecular complexity index is 290. The lowest BCUT2D eigenvalue weighted by Crippen LogP contribution is -2.54. The molecule has 0 aromatic carbocycles. The van der Waals surface area contributed by atoms with Crippen molar-refractivity contribution in [3.63, 3.8) is 0 Å². The molecule has 1 heterocycles. The number of nitrogens with zero attached hydrogens (tertiary/aromatic N) is 1. The van der Waals surface area contributed by atoms with Crippen LogP contribution in [0.4, 0.5) is 0 Å². The van der Waals surface area contributed by atoms with Crippen molar-refractivity contribution in [2.24, 2.45) is 5.41 Å². The smallest absolute Gasteiger partial charge is 0.0753 e. The van der Waals surface area contributed by atoms with Crippen LogP contribution >= 0.6 is 0 Å². The van der Waals surface area contributed by atoms with Crippen LogP contribution in [0.15, 0.2) is 0 Å². The lowest BCUT2D eigenvalue weighted by molar-refractivity contribution is -0.0951. The molecule has 0 saturated carbocycles. The van der Waals surface area contributed by atoms with E-state index in [4.69, 9.17) is 4.74 Å². The second-order valence-corrected chi connectivity index (χ2v) is 8.13. The lowest BCUT2D eigenvalue weighted by Gasteiger charge is -2.44. The fraction of sp³-hybridized carbons (Fsp3) is 1.00. The van der Waals surface area contributed by atoms with E-state index < -0.39 is 0 Å². The predicted octanol–water partition coefficient (Wildman–Crippen LogP) is 3.29. The van der Waals surface area contributed by atoms with Gasteiger partial charge in [-0.3, -0.25) is 4.90 Å². The number of hydrogen-bond donors (Lipinski definition) is 1. The van der Waals surface area contributed by atoms with Crippen LogP contribution < -0.4 is 5.32 Å². The summed E-state index contributed by atoms with van der Waals surface area (Å²) in [4.78, 5) is 2.60. The van der Waals surface area contributed by atoms with Gasteiger partial charge in [0.2, 0.25) is 0 Å². The molecule has 0 aliphatic carbocycles. The van der Waals surface area contributed by atoms with E-state index in [9.17, 15) is 0 Å². The van der Waals surface area contributed by atoms with Crippen molar-refractivity contribution in [3.8, 4) is 0 Å². The van der Waals surface area contributed by atoms with E-state index in [1.807, 2.05) is 0 Å². The predicted molar refractivity (Wildman–Crippen MR) is 87.2 cm³/mol. The largest absolute Gasteiger partial charge is 0.373 e. The van der Waals surface area contributed by atoms with E-state index >= 15 is 0 Å². The van der Waals surface area contributed by atoms with Crippen LogP contribution in [0.2, 0.25) is 0 Å². The zero-order valence-electron chi connectivity index (χ0n) is 14.8. The molecule has 3 heteroatoms. The van der Waals surface area contributed by atoms with Gasteiger partial charge in [0.1, 0.15) is 0 Å². The molecule has 1 aliphatic heterocycles. The molecule has 1 saturated heterocycles. The minimum atomic E-state index is 0.00291. The minimum Gasteiger partial charge on any atom is -0.373 e. The molecular weight excluding hydrogens is 248 g/mol. The van der Waals surface area contributed by atoms with Crippen molar-refractivity contribution in [1.82, 2.24) is 10.2 Å². The van der Waals surface area contributed by atoms with Gasteiger partial charge in [-0.1, -0.05) is 13.8 Å². The third-order valence-electron chi connectivity index (χ3n) is 4.56. The summed E-state index contributed by atoms with van der Waals surface area (Å²) < 4.78 is 5.83. The van der Waals surface area contributed by atoms with Gasteiger partial charge >= 0.3 is 0 Å². The monoisotopic (exact) mass is 284 g/mol. The zero-order valence-corrected chi connectivity index (χ0v) is 14.8. The molecule has 3 nitrogen and oxygen atoms in total. The molecular formula is C17H36N2O. The van der Waals surface area contributed by atoms with Gasteiger partial charge in [-0.15, -0.1) is 0 Å². The highest BCUT2D eigenvalue weighted by atomic mass is 16.5. The van der Waals surface area contributed by atoms with Crippen molar-refractivity contribution in [2.75, 3.05) is 32.8 Å². The molecule has 0 amide bonds. The van der Waals surface area contributed by atoms with E-state index in [2.05, 4.69) is 58.7 Å². The van der Waals surface area contributed by atoms with E-state index in [1.165, 1.54) is 19.4 Å². The summed E-state index contributed by atoms with van der Waals surface area (Å²) in [6, 6.07) is 0. The first-order valence-corrected chi connectivity index (χ1v) is 8.23. The third-order valence-corrected chi connectivity index (χ3v) is 4.56. The first-order chi connectivity index (χ1) is 9.11. The normalized spacial score (nSPS) is 21.1. The summed E-state index contributed by atoms with van der Waals surface area (Å²) in [5.74, 6) is 0. The van der Waals surface area contributed by atoms with Gasteiger partial charge in [-0.2, -0.15) is 0 Å². The standard InChI is InChI=1S/C17H36N2O/c1-8-17(9-2,12-18-15(3,4)5)14-19-10-11-20-16(6,7)13-19/h18H,8-14H2,1-7H3. The first-order valence-electron chi connectivity index (χ1n) is 8.23. The molecule has 1 aliphatic rings. The molecule has 0 aromatic rings. The van der Waals surface area contributed by atoms with Gasteiger partial charge in [0.15, 0.2) is 0 Å². The summed E-state index contributed by atoms with van der Waals surface area (Å²) >= 11 is 0. The Labute approximate surface area is 126 Å². The van der Waals surface area contributed by atoms with Gasteiger partial charge in [-0.05, 0) is 52.9 Å². The fourth-order valence-corrected chi connectivity index (χ4v) is 2.96. The van der Waals surface area contributed by atoms with Gasteiger partial charge < -0.3 is 10.1 Å². The first kappa shape index (κ1) is 17.9. The van der Waals surface area contributed by atoms with Crippen molar-refractivity contribution in [1.29, 1.82) is 0 Å². The van der Waals surface area contributed by atoms with Crippen molar-refractivity contribution < 1.29 is 4.74 Å². The van der Waals surface area contributed by atoms with Crippen LogP contribution in [0.5, 0.6) is 0 Å². The van der Waals surface area contributed by atoms with Crippen LogP contribution in [-0.2, 0) is 4.74 Å². The molecule has 0 bridgehead atoms. The average Bonchev–Trinajstić information content (AvgIpc) is 2.32. The topological polar surface area (TPSA) is 24.5 Å². The maximum absolute atomic E-state index is 5.83. The van der Waals surface area contributed by atoms with Crippen LogP contribution in [0.1, 0.15) is 61.3 Å². The minimum absolute atomic E-state index is 0.00291. The zero-order chi connectivity index (χ0) is 15.4. The number of nitrogens with one attached hydrogen (secondary N) is 1. The van der Waals surface area contributed by atoms with E-state index in [-0.39, 0.29) is 11.1 Å². The highest BCUT2D eigenvalue weighted by Gasteiger charge is 2.34. The van der Waals surface area contributed by atoms with Crippen LogP contribution in [0.25, 0.3) is 0 Å². The Kier molecular flexibility index (Phi) is 6.06. The molecule has 120 valence electrons. The van der Waals surface area contributed by atoms with Crippen LogP contribution in [0, 0.1) is 5.41 Å². The maximum atomic E-state index is 5.83. The summed E-state index contributed by atoms with van der Waals surface area (Å²) in [6.07, 6.45) is 2.45. The maximum Gasteiger partial charge on any atom is 0.0753 e. The van der Waals surface area contributed by atoms with E-state index in [1.54, 1.807) is 0 Å². The van der Waals surface area contributed by atoms with E-state index in [0.29, 0.717) is 5.41 Å². The van der Waals surface area contributed by atoms with Crippen LogP contribution in [0.3, 0.4) is 0 Å². The van der Waals surface area contributed by atoms with Crippen molar-refractivity contribution >= 4 is 0 Å². The summed E-state index contributed by atoms with van der Waals surface area (Å²) in [6.45, 7) is 21.1. The van der Waals surface area contributed by atoms with E-state index in [0.717, 1.165) is 26.2 Å². The molecule has 1 rings (SSSR count). The van der Waals surface area contributed by atoms with Gasteiger partial charge in [0, 0.05) is 31.7 Å². The Balaban J connectivity index is 2.65. The summed E-state index contributed by atoms with van der Waals surface area (Å²) in [5, 5.41) is 3.72. The SMILES string of the molecule is CCC(CC)(CNC(C)(C)C)CN1CCOC(C)(C)C1. The Morgan fingerprint density at radius 1 is 1.15 bits per heavy atom.